The Balaban J connectivity index is 1.78. The Hall–Kier alpha value is -3.54. The van der Waals surface area contributed by atoms with Gasteiger partial charge in [-0.3, -0.25) is 9.59 Å². The molecule has 1 aliphatic rings. The molecular formula is C26H27N3O3. The molecule has 1 amide bonds. The Morgan fingerprint density at radius 3 is 2.31 bits per heavy atom. The van der Waals surface area contributed by atoms with Crippen molar-refractivity contribution in [3.63, 3.8) is 0 Å². The largest absolute Gasteiger partial charge is 0.460 e. The molecule has 0 saturated carbocycles. The second-order valence-electron chi connectivity index (χ2n) is 8.63. The summed E-state index contributed by atoms with van der Waals surface area (Å²) in [4.78, 5) is 35.3. The van der Waals surface area contributed by atoms with Gasteiger partial charge in [0.2, 0.25) is 5.90 Å². The number of ether oxygens (including phenoxy) is 1. The van der Waals surface area contributed by atoms with Gasteiger partial charge in [0.1, 0.15) is 0 Å². The summed E-state index contributed by atoms with van der Waals surface area (Å²) in [7, 11) is 1.79. The van der Waals surface area contributed by atoms with Crippen LogP contribution in [0.5, 0.6) is 0 Å². The Morgan fingerprint density at radius 2 is 1.72 bits per heavy atom. The molecular weight excluding hydrogens is 402 g/mol. The topological polar surface area (TPSA) is 73.6 Å². The van der Waals surface area contributed by atoms with Crippen molar-refractivity contribution < 1.29 is 14.3 Å². The number of ketones is 1. The number of benzene rings is 2. The van der Waals surface area contributed by atoms with Crippen molar-refractivity contribution in [2.45, 2.75) is 38.2 Å². The van der Waals surface area contributed by atoms with Gasteiger partial charge in [0.15, 0.2) is 17.2 Å². The van der Waals surface area contributed by atoms with E-state index in [1.54, 1.807) is 24.0 Å². The highest BCUT2D eigenvalue weighted by Gasteiger charge is 2.54. The van der Waals surface area contributed by atoms with E-state index in [2.05, 4.69) is 9.98 Å². The smallest absolute Gasteiger partial charge is 0.293 e. The second kappa shape index (κ2) is 8.91. The molecule has 0 N–H and O–H groups in total. The van der Waals surface area contributed by atoms with Crippen LogP contribution in [0.4, 0.5) is 0 Å². The van der Waals surface area contributed by atoms with Gasteiger partial charge < -0.3 is 9.30 Å². The maximum Gasteiger partial charge on any atom is 0.293 e. The summed E-state index contributed by atoms with van der Waals surface area (Å²) in [6, 6.07) is 19.0. The molecule has 1 aromatic heterocycles. The lowest BCUT2D eigenvalue weighted by Gasteiger charge is -2.36. The van der Waals surface area contributed by atoms with Crippen LogP contribution in [0.15, 0.2) is 78.0 Å². The third-order valence-corrected chi connectivity index (χ3v) is 5.80. The normalized spacial score (nSPS) is 19.0. The maximum atomic E-state index is 13.5. The van der Waals surface area contributed by atoms with E-state index in [0.29, 0.717) is 18.1 Å². The fourth-order valence-electron chi connectivity index (χ4n) is 4.38. The van der Waals surface area contributed by atoms with Crippen molar-refractivity contribution in [3.05, 3.63) is 90.0 Å². The average Bonchev–Trinajstić information content (AvgIpc) is 3.36. The van der Waals surface area contributed by atoms with Crippen molar-refractivity contribution in [2.24, 2.45) is 18.0 Å². The van der Waals surface area contributed by atoms with E-state index in [9.17, 15) is 9.59 Å². The number of Topliss-reactive ketones (excluding diaryl/α,β-unsaturated/α-hetero) is 1. The summed E-state index contributed by atoms with van der Waals surface area (Å²) in [6.45, 7) is 4.09. The lowest BCUT2D eigenvalue weighted by Crippen LogP contribution is -2.46. The number of carbonyl (C=O) groups is 2. The zero-order valence-corrected chi connectivity index (χ0v) is 18.6. The molecule has 6 nitrogen and oxygen atoms in total. The minimum atomic E-state index is -1.26. The van der Waals surface area contributed by atoms with Crippen LogP contribution in [0.2, 0.25) is 0 Å². The van der Waals surface area contributed by atoms with Crippen LogP contribution in [0.3, 0.4) is 0 Å². The summed E-state index contributed by atoms with van der Waals surface area (Å²) in [6.07, 6.45) is 3.87. The lowest BCUT2D eigenvalue weighted by molar-refractivity contribution is -0.134. The highest BCUT2D eigenvalue weighted by Crippen LogP contribution is 2.44. The van der Waals surface area contributed by atoms with Gasteiger partial charge in [0.25, 0.3) is 5.91 Å². The van der Waals surface area contributed by atoms with Gasteiger partial charge in [-0.1, -0.05) is 62.4 Å². The highest BCUT2D eigenvalue weighted by atomic mass is 16.5. The van der Waals surface area contributed by atoms with E-state index in [4.69, 9.17) is 4.74 Å². The van der Waals surface area contributed by atoms with Gasteiger partial charge in [-0.2, -0.15) is 4.99 Å². The van der Waals surface area contributed by atoms with Gasteiger partial charge in [0.05, 0.1) is 0 Å². The third-order valence-electron chi connectivity index (χ3n) is 5.80. The fourth-order valence-corrected chi connectivity index (χ4v) is 4.38. The number of carbonyl (C=O) groups excluding carboxylic acids is 2. The predicted molar refractivity (Wildman–Crippen MR) is 123 cm³/mol. The van der Waals surface area contributed by atoms with E-state index < -0.39 is 11.5 Å². The van der Waals surface area contributed by atoms with E-state index in [0.717, 1.165) is 11.1 Å². The first-order chi connectivity index (χ1) is 15.4. The minimum Gasteiger partial charge on any atom is -0.460 e. The van der Waals surface area contributed by atoms with Crippen molar-refractivity contribution >= 4 is 17.6 Å². The lowest BCUT2D eigenvalue weighted by atomic mass is 9.74. The first kappa shape index (κ1) is 21.7. The molecule has 2 atom stereocenters. The summed E-state index contributed by atoms with van der Waals surface area (Å²) in [5, 5.41) is 0. The van der Waals surface area contributed by atoms with E-state index >= 15 is 0 Å². The van der Waals surface area contributed by atoms with Gasteiger partial charge in [0, 0.05) is 37.3 Å². The second-order valence-corrected chi connectivity index (χ2v) is 8.63. The molecule has 2 aromatic carbocycles. The number of hydrogen-bond acceptors (Lipinski definition) is 4. The SMILES string of the molecule is CC(C)C[C@@]1([C@H](CC(=O)c2nccn2C)c2ccccc2)OC(c2ccccc2)=NC1=O. The molecule has 0 radical (unpaired) electrons. The third kappa shape index (κ3) is 4.13. The predicted octanol–water partition coefficient (Wildman–Crippen LogP) is 4.57. The van der Waals surface area contributed by atoms with Gasteiger partial charge >= 0.3 is 0 Å². The Labute approximate surface area is 188 Å². The molecule has 0 saturated heterocycles. The first-order valence-corrected chi connectivity index (χ1v) is 10.8. The molecule has 3 aromatic rings. The van der Waals surface area contributed by atoms with E-state index in [1.165, 1.54) is 0 Å². The molecule has 0 fully saturated rings. The average molecular weight is 430 g/mol. The number of imidazole rings is 1. The molecule has 4 rings (SSSR count). The monoisotopic (exact) mass is 429 g/mol. The number of amides is 1. The Bertz CT molecular complexity index is 1140. The molecule has 6 heteroatoms. The van der Waals surface area contributed by atoms with Gasteiger partial charge in [-0.05, 0) is 30.0 Å². The number of rotatable bonds is 8. The van der Waals surface area contributed by atoms with Gasteiger partial charge in [-0.25, -0.2) is 4.98 Å². The van der Waals surface area contributed by atoms with Crippen molar-refractivity contribution in [2.75, 3.05) is 0 Å². The van der Waals surface area contributed by atoms with Crippen molar-refractivity contribution in [1.82, 2.24) is 9.55 Å². The molecule has 0 spiro atoms. The van der Waals surface area contributed by atoms with Crippen molar-refractivity contribution in [1.29, 1.82) is 0 Å². The summed E-state index contributed by atoms with van der Waals surface area (Å²) in [5.41, 5.74) is 0.351. The number of aliphatic imine (C=N–C) groups is 1. The van der Waals surface area contributed by atoms with Crippen LogP contribution in [-0.2, 0) is 16.6 Å². The Morgan fingerprint density at radius 1 is 1.06 bits per heavy atom. The minimum absolute atomic E-state index is 0.0882. The van der Waals surface area contributed by atoms with Crippen LogP contribution in [-0.4, -0.2) is 32.7 Å². The molecule has 2 heterocycles. The van der Waals surface area contributed by atoms with Crippen molar-refractivity contribution in [3.8, 4) is 0 Å². The molecule has 0 bridgehead atoms. The molecule has 0 aliphatic carbocycles. The maximum absolute atomic E-state index is 13.5. The first-order valence-electron chi connectivity index (χ1n) is 10.8. The summed E-state index contributed by atoms with van der Waals surface area (Å²) >= 11 is 0. The van der Waals surface area contributed by atoms with Crippen LogP contribution in [0.1, 0.15) is 54.4 Å². The van der Waals surface area contributed by atoms with E-state index in [-0.39, 0.29) is 24.0 Å². The summed E-state index contributed by atoms with van der Waals surface area (Å²) < 4.78 is 8.14. The molecule has 1 aliphatic heterocycles. The van der Waals surface area contributed by atoms with Crippen LogP contribution >= 0.6 is 0 Å². The zero-order chi connectivity index (χ0) is 22.7. The fraction of sp³-hybridized carbons (Fsp3) is 0.308. The molecule has 164 valence electrons. The number of aromatic nitrogens is 2. The molecule has 32 heavy (non-hydrogen) atoms. The zero-order valence-electron chi connectivity index (χ0n) is 18.6. The number of nitrogens with zero attached hydrogens (tertiary/aromatic N) is 3. The van der Waals surface area contributed by atoms with Gasteiger partial charge in [-0.15, -0.1) is 0 Å². The summed E-state index contributed by atoms with van der Waals surface area (Å²) in [5.74, 6) is -0.168. The quantitative estimate of drug-likeness (QED) is 0.492. The highest BCUT2D eigenvalue weighted by molar-refractivity contribution is 6.10. The number of hydrogen-bond donors (Lipinski definition) is 0. The molecule has 0 unspecified atom stereocenters. The van der Waals surface area contributed by atoms with Crippen LogP contribution in [0, 0.1) is 5.92 Å². The van der Waals surface area contributed by atoms with Crippen LogP contribution < -0.4 is 0 Å². The Kier molecular flexibility index (Phi) is 6.04. The van der Waals surface area contributed by atoms with E-state index in [1.807, 2.05) is 74.5 Å². The van der Waals surface area contributed by atoms with Crippen LogP contribution in [0.25, 0.3) is 0 Å². The standard InChI is InChI=1S/C26H27N3O3/c1-18(2)17-26(25(31)28-24(32-26)20-12-8-5-9-13-20)21(19-10-6-4-7-11-19)16-22(30)23-27-14-15-29(23)3/h4-15,18,21H,16-17H2,1-3H3/t21-,26+/m1/s1. The number of aryl methyl sites for hydroxylation is 1.